The van der Waals surface area contributed by atoms with Crippen molar-refractivity contribution < 1.29 is 5.11 Å². The first-order chi connectivity index (χ1) is 8.29. The maximum Gasteiger partial charge on any atom is 0.0991 e. The molecular formula is C14H18N2O. The third kappa shape index (κ3) is 3.29. The van der Waals surface area contributed by atoms with Gasteiger partial charge in [0.25, 0.3) is 0 Å². The molecule has 0 amide bonds. The Balaban J connectivity index is 1.98. The summed E-state index contributed by atoms with van der Waals surface area (Å²) in [6.45, 7) is 1.05. The number of piperidine rings is 1. The average molecular weight is 230 g/mol. The molecule has 0 bridgehead atoms. The molecule has 2 N–H and O–H groups in total. The van der Waals surface area contributed by atoms with Gasteiger partial charge in [-0.15, -0.1) is 0 Å². The Labute approximate surface area is 102 Å². The first kappa shape index (κ1) is 12.1. The van der Waals surface area contributed by atoms with Crippen LogP contribution in [0, 0.1) is 11.3 Å². The van der Waals surface area contributed by atoms with Crippen LogP contribution in [-0.2, 0) is 0 Å². The molecule has 0 aliphatic carbocycles. The van der Waals surface area contributed by atoms with Crippen LogP contribution in [0.4, 0.5) is 0 Å². The van der Waals surface area contributed by atoms with Gasteiger partial charge in [0.15, 0.2) is 0 Å². The SMILES string of the molecule is N#Cc1cccc(C(O)CC2CCCCN2)c1. The van der Waals surface area contributed by atoms with E-state index in [0.29, 0.717) is 11.6 Å². The Morgan fingerprint density at radius 3 is 3.06 bits per heavy atom. The highest BCUT2D eigenvalue weighted by atomic mass is 16.3. The van der Waals surface area contributed by atoms with Crippen molar-refractivity contribution in [3.05, 3.63) is 35.4 Å². The van der Waals surface area contributed by atoms with Crippen LogP contribution >= 0.6 is 0 Å². The van der Waals surface area contributed by atoms with Crippen molar-refractivity contribution in [2.45, 2.75) is 37.8 Å². The minimum atomic E-state index is -0.473. The quantitative estimate of drug-likeness (QED) is 0.836. The van der Waals surface area contributed by atoms with Gasteiger partial charge in [-0.2, -0.15) is 5.26 Å². The molecule has 0 radical (unpaired) electrons. The lowest BCUT2D eigenvalue weighted by Crippen LogP contribution is -2.35. The van der Waals surface area contributed by atoms with Crippen LogP contribution in [0.1, 0.15) is 42.9 Å². The number of benzene rings is 1. The number of hydrogen-bond donors (Lipinski definition) is 2. The summed E-state index contributed by atoms with van der Waals surface area (Å²) in [5.74, 6) is 0. The molecule has 1 heterocycles. The van der Waals surface area contributed by atoms with E-state index in [2.05, 4.69) is 11.4 Å². The molecular weight excluding hydrogens is 212 g/mol. The van der Waals surface area contributed by atoms with Gasteiger partial charge in [0.2, 0.25) is 0 Å². The van der Waals surface area contributed by atoms with Crippen LogP contribution in [0.15, 0.2) is 24.3 Å². The normalized spacial score (nSPS) is 21.8. The molecule has 0 saturated carbocycles. The summed E-state index contributed by atoms with van der Waals surface area (Å²) in [6.07, 6.45) is 3.86. The maximum absolute atomic E-state index is 10.1. The predicted octanol–water partition coefficient (Wildman–Crippen LogP) is 2.12. The molecule has 17 heavy (non-hydrogen) atoms. The fourth-order valence-corrected chi connectivity index (χ4v) is 2.35. The number of nitrogens with one attached hydrogen (secondary N) is 1. The highest BCUT2D eigenvalue weighted by molar-refractivity contribution is 5.33. The van der Waals surface area contributed by atoms with E-state index < -0.39 is 6.10 Å². The van der Waals surface area contributed by atoms with Gasteiger partial charge < -0.3 is 10.4 Å². The first-order valence-corrected chi connectivity index (χ1v) is 6.21. The van der Waals surface area contributed by atoms with E-state index in [-0.39, 0.29) is 0 Å². The standard InChI is InChI=1S/C14H18N2O/c15-10-11-4-3-5-12(8-11)14(17)9-13-6-1-2-7-16-13/h3-5,8,13-14,16-17H,1-2,6-7,9H2. The smallest absolute Gasteiger partial charge is 0.0991 e. The molecule has 0 aromatic heterocycles. The molecule has 90 valence electrons. The predicted molar refractivity (Wildman–Crippen MR) is 66.4 cm³/mol. The zero-order valence-corrected chi connectivity index (χ0v) is 9.89. The maximum atomic E-state index is 10.1. The summed E-state index contributed by atoms with van der Waals surface area (Å²) in [6, 6.07) is 9.74. The number of hydrogen-bond acceptors (Lipinski definition) is 3. The molecule has 1 saturated heterocycles. The van der Waals surface area contributed by atoms with Crippen molar-refractivity contribution in [1.29, 1.82) is 5.26 Å². The summed E-state index contributed by atoms with van der Waals surface area (Å²) < 4.78 is 0. The second-order valence-electron chi connectivity index (χ2n) is 4.64. The monoisotopic (exact) mass is 230 g/mol. The molecule has 0 spiro atoms. The minimum absolute atomic E-state index is 0.407. The number of nitrogens with zero attached hydrogens (tertiary/aromatic N) is 1. The third-order valence-corrected chi connectivity index (χ3v) is 3.32. The molecule has 3 heteroatoms. The van der Waals surface area contributed by atoms with Gasteiger partial charge in [-0.05, 0) is 43.5 Å². The van der Waals surface area contributed by atoms with Crippen molar-refractivity contribution in [2.75, 3.05) is 6.54 Å². The van der Waals surface area contributed by atoms with Gasteiger partial charge in [-0.25, -0.2) is 0 Å². The zero-order chi connectivity index (χ0) is 12.1. The van der Waals surface area contributed by atoms with Crippen molar-refractivity contribution in [2.24, 2.45) is 0 Å². The molecule has 1 aromatic carbocycles. The molecule has 1 aromatic rings. The molecule has 2 rings (SSSR count). The van der Waals surface area contributed by atoms with Gasteiger partial charge in [0.1, 0.15) is 0 Å². The van der Waals surface area contributed by atoms with E-state index in [1.165, 1.54) is 12.8 Å². The Morgan fingerprint density at radius 1 is 1.47 bits per heavy atom. The summed E-state index contributed by atoms with van der Waals surface area (Å²) in [5.41, 5.74) is 1.45. The summed E-state index contributed by atoms with van der Waals surface area (Å²) in [5, 5.41) is 22.4. The lowest BCUT2D eigenvalue weighted by atomic mass is 9.95. The van der Waals surface area contributed by atoms with Crippen molar-refractivity contribution in [3.63, 3.8) is 0 Å². The van der Waals surface area contributed by atoms with Gasteiger partial charge in [-0.3, -0.25) is 0 Å². The van der Waals surface area contributed by atoms with Crippen LogP contribution in [-0.4, -0.2) is 17.7 Å². The minimum Gasteiger partial charge on any atom is -0.388 e. The van der Waals surface area contributed by atoms with Crippen LogP contribution < -0.4 is 5.32 Å². The first-order valence-electron chi connectivity index (χ1n) is 6.21. The van der Waals surface area contributed by atoms with E-state index in [4.69, 9.17) is 5.26 Å². The number of nitriles is 1. The van der Waals surface area contributed by atoms with Crippen LogP contribution in [0.25, 0.3) is 0 Å². The molecule has 1 aliphatic heterocycles. The number of aliphatic hydroxyl groups excluding tert-OH is 1. The van der Waals surface area contributed by atoms with E-state index in [0.717, 1.165) is 24.9 Å². The Morgan fingerprint density at radius 2 is 2.35 bits per heavy atom. The Hall–Kier alpha value is -1.37. The lowest BCUT2D eigenvalue weighted by molar-refractivity contribution is 0.144. The molecule has 1 fully saturated rings. The van der Waals surface area contributed by atoms with E-state index in [9.17, 15) is 5.11 Å². The van der Waals surface area contributed by atoms with Gasteiger partial charge in [-0.1, -0.05) is 18.6 Å². The van der Waals surface area contributed by atoms with Gasteiger partial charge >= 0.3 is 0 Å². The van der Waals surface area contributed by atoms with Crippen molar-refractivity contribution >= 4 is 0 Å². The zero-order valence-electron chi connectivity index (χ0n) is 9.89. The van der Waals surface area contributed by atoms with E-state index >= 15 is 0 Å². The Bertz CT molecular complexity index is 405. The average Bonchev–Trinajstić information content (AvgIpc) is 2.40. The van der Waals surface area contributed by atoms with Gasteiger partial charge in [0.05, 0.1) is 17.7 Å². The second kappa shape index (κ2) is 5.81. The topological polar surface area (TPSA) is 56.0 Å². The summed E-state index contributed by atoms with van der Waals surface area (Å²) in [4.78, 5) is 0. The number of aliphatic hydroxyl groups is 1. The highest BCUT2D eigenvalue weighted by Crippen LogP contribution is 2.22. The molecule has 2 atom stereocenters. The molecule has 1 aliphatic rings. The highest BCUT2D eigenvalue weighted by Gasteiger charge is 2.18. The molecule has 3 nitrogen and oxygen atoms in total. The number of rotatable bonds is 3. The van der Waals surface area contributed by atoms with Crippen LogP contribution in [0.3, 0.4) is 0 Å². The summed E-state index contributed by atoms with van der Waals surface area (Å²) in [7, 11) is 0. The van der Waals surface area contributed by atoms with Crippen LogP contribution in [0.5, 0.6) is 0 Å². The fourth-order valence-electron chi connectivity index (χ4n) is 2.35. The van der Waals surface area contributed by atoms with Crippen molar-refractivity contribution in [1.82, 2.24) is 5.32 Å². The fraction of sp³-hybridized carbons (Fsp3) is 0.500. The van der Waals surface area contributed by atoms with E-state index in [1.807, 2.05) is 12.1 Å². The summed E-state index contributed by atoms with van der Waals surface area (Å²) >= 11 is 0. The third-order valence-electron chi connectivity index (χ3n) is 3.32. The van der Waals surface area contributed by atoms with E-state index in [1.54, 1.807) is 12.1 Å². The second-order valence-corrected chi connectivity index (χ2v) is 4.64. The van der Waals surface area contributed by atoms with Gasteiger partial charge in [0, 0.05) is 6.04 Å². The van der Waals surface area contributed by atoms with Crippen molar-refractivity contribution in [3.8, 4) is 6.07 Å². The molecule has 2 unspecified atom stereocenters. The van der Waals surface area contributed by atoms with Crippen LogP contribution in [0.2, 0.25) is 0 Å². The lowest BCUT2D eigenvalue weighted by Gasteiger charge is -2.25. The largest absolute Gasteiger partial charge is 0.388 e. The Kier molecular flexibility index (Phi) is 4.13.